The first-order valence-corrected chi connectivity index (χ1v) is 5.95. The molecule has 0 atom stereocenters. The van der Waals surface area contributed by atoms with Gasteiger partial charge < -0.3 is 9.80 Å². The average molecular weight is 262 g/mol. The predicted molar refractivity (Wildman–Crippen MR) is 58.3 cm³/mol. The number of rotatable bonds is 2. The molecule has 0 N–H and O–H groups in total. The summed E-state index contributed by atoms with van der Waals surface area (Å²) in [5, 5.41) is 3.31. The maximum atomic E-state index is 12.6. The molecule has 1 aliphatic rings. The molecule has 0 radical (unpaired) electrons. The summed E-state index contributed by atoms with van der Waals surface area (Å²) in [6.07, 6.45) is -2.75. The van der Waals surface area contributed by atoms with E-state index >= 15 is 0 Å². The number of alkyl halides is 2. The van der Waals surface area contributed by atoms with Gasteiger partial charge in [-0.2, -0.15) is 0 Å². The van der Waals surface area contributed by atoms with E-state index in [0.717, 1.165) is 24.6 Å². The molecule has 0 bridgehead atoms. The molecule has 1 fully saturated rings. The SMILES string of the molecule is CN1CCN(C(=O)c2snnc2C(F)F)CC1. The van der Waals surface area contributed by atoms with Crippen LogP contribution in [-0.4, -0.2) is 58.5 Å². The number of piperazine rings is 1. The minimum Gasteiger partial charge on any atom is -0.335 e. The summed E-state index contributed by atoms with van der Waals surface area (Å²) in [5.41, 5.74) is -0.501. The van der Waals surface area contributed by atoms with Crippen LogP contribution in [0.5, 0.6) is 0 Å². The number of amides is 1. The highest BCUT2D eigenvalue weighted by Gasteiger charge is 2.28. The molecule has 2 heterocycles. The van der Waals surface area contributed by atoms with Crippen LogP contribution in [0, 0.1) is 0 Å². The van der Waals surface area contributed by atoms with Gasteiger partial charge in [-0.1, -0.05) is 4.49 Å². The van der Waals surface area contributed by atoms with Gasteiger partial charge in [-0.15, -0.1) is 5.10 Å². The fraction of sp³-hybridized carbons (Fsp3) is 0.667. The number of likely N-dealkylation sites (N-methyl/N-ethyl adjacent to an activating group) is 1. The minimum absolute atomic E-state index is 0.0375. The molecule has 0 saturated carbocycles. The first-order valence-electron chi connectivity index (χ1n) is 5.18. The maximum Gasteiger partial charge on any atom is 0.283 e. The highest BCUT2D eigenvalue weighted by molar-refractivity contribution is 7.08. The second-order valence-electron chi connectivity index (χ2n) is 3.88. The van der Waals surface area contributed by atoms with Crippen LogP contribution < -0.4 is 0 Å². The Bertz CT molecular complexity index is 403. The maximum absolute atomic E-state index is 12.6. The van der Waals surface area contributed by atoms with Crippen molar-refractivity contribution in [2.75, 3.05) is 33.2 Å². The lowest BCUT2D eigenvalue weighted by Gasteiger charge is -2.32. The Morgan fingerprint density at radius 3 is 2.59 bits per heavy atom. The number of nitrogens with zero attached hydrogens (tertiary/aromatic N) is 4. The van der Waals surface area contributed by atoms with Gasteiger partial charge in [0, 0.05) is 26.2 Å². The topological polar surface area (TPSA) is 49.3 Å². The van der Waals surface area contributed by atoms with Gasteiger partial charge in [-0.05, 0) is 18.6 Å². The first kappa shape index (κ1) is 12.3. The van der Waals surface area contributed by atoms with E-state index in [4.69, 9.17) is 0 Å². The molecule has 0 aromatic carbocycles. The fourth-order valence-electron chi connectivity index (χ4n) is 1.64. The summed E-state index contributed by atoms with van der Waals surface area (Å²) in [6, 6.07) is 0. The van der Waals surface area contributed by atoms with E-state index in [-0.39, 0.29) is 10.8 Å². The molecular formula is C9H12F2N4OS. The summed E-state index contributed by atoms with van der Waals surface area (Å²) in [5.74, 6) is -0.386. The Hall–Kier alpha value is -1.15. The quantitative estimate of drug-likeness (QED) is 0.793. The van der Waals surface area contributed by atoms with Crippen molar-refractivity contribution in [1.82, 2.24) is 19.4 Å². The molecule has 17 heavy (non-hydrogen) atoms. The molecule has 2 rings (SSSR count). The van der Waals surface area contributed by atoms with Crippen LogP contribution in [0.15, 0.2) is 0 Å². The second kappa shape index (κ2) is 5.01. The Balaban J connectivity index is 2.11. The Morgan fingerprint density at radius 1 is 1.35 bits per heavy atom. The molecule has 1 aliphatic heterocycles. The molecule has 94 valence electrons. The number of hydrogen-bond donors (Lipinski definition) is 0. The molecule has 0 spiro atoms. The summed E-state index contributed by atoms with van der Waals surface area (Å²) >= 11 is 0.735. The van der Waals surface area contributed by atoms with Crippen LogP contribution in [0.3, 0.4) is 0 Å². The van der Waals surface area contributed by atoms with E-state index < -0.39 is 12.1 Å². The zero-order chi connectivity index (χ0) is 12.4. The van der Waals surface area contributed by atoms with E-state index in [0.29, 0.717) is 13.1 Å². The summed E-state index contributed by atoms with van der Waals surface area (Å²) in [6.45, 7) is 2.61. The van der Waals surface area contributed by atoms with Gasteiger partial charge >= 0.3 is 0 Å². The van der Waals surface area contributed by atoms with Crippen molar-refractivity contribution in [3.63, 3.8) is 0 Å². The highest BCUT2D eigenvalue weighted by atomic mass is 32.1. The smallest absolute Gasteiger partial charge is 0.283 e. The highest BCUT2D eigenvalue weighted by Crippen LogP contribution is 2.24. The average Bonchev–Trinajstić information content (AvgIpc) is 2.78. The Morgan fingerprint density at radius 2 is 2.00 bits per heavy atom. The minimum atomic E-state index is -2.75. The van der Waals surface area contributed by atoms with Crippen molar-refractivity contribution in [2.45, 2.75) is 6.43 Å². The molecule has 8 heteroatoms. The van der Waals surface area contributed by atoms with Gasteiger partial charge in [0.1, 0.15) is 4.88 Å². The van der Waals surface area contributed by atoms with Crippen LogP contribution in [0.1, 0.15) is 21.8 Å². The summed E-state index contributed by atoms with van der Waals surface area (Å²) in [4.78, 5) is 15.6. The number of aromatic nitrogens is 2. The van der Waals surface area contributed by atoms with Crippen LogP contribution in [-0.2, 0) is 0 Å². The lowest BCUT2D eigenvalue weighted by molar-refractivity contribution is 0.0657. The van der Waals surface area contributed by atoms with Gasteiger partial charge in [-0.3, -0.25) is 4.79 Å². The molecule has 0 unspecified atom stereocenters. The third-order valence-corrected chi connectivity index (χ3v) is 3.43. The lowest BCUT2D eigenvalue weighted by atomic mass is 10.3. The zero-order valence-electron chi connectivity index (χ0n) is 9.27. The van der Waals surface area contributed by atoms with Gasteiger partial charge in [0.25, 0.3) is 12.3 Å². The van der Waals surface area contributed by atoms with E-state index in [9.17, 15) is 13.6 Å². The number of carbonyl (C=O) groups is 1. The van der Waals surface area contributed by atoms with Crippen LogP contribution in [0.4, 0.5) is 8.78 Å². The van der Waals surface area contributed by atoms with Gasteiger partial charge in [0.2, 0.25) is 0 Å². The van der Waals surface area contributed by atoms with E-state index in [1.807, 2.05) is 7.05 Å². The van der Waals surface area contributed by atoms with Crippen molar-refractivity contribution < 1.29 is 13.6 Å². The Kier molecular flexibility index (Phi) is 3.63. The number of carbonyl (C=O) groups excluding carboxylic acids is 1. The molecule has 1 saturated heterocycles. The first-order chi connectivity index (χ1) is 8.09. The van der Waals surface area contributed by atoms with E-state index in [2.05, 4.69) is 14.5 Å². The summed E-state index contributed by atoms with van der Waals surface area (Å²) in [7, 11) is 1.96. The molecule has 1 amide bonds. The number of halogens is 2. The fourth-order valence-corrected chi connectivity index (χ4v) is 2.28. The third kappa shape index (κ3) is 2.58. The van der Waals surface area contributed by atoms with E-state index in [1.54, 1.807) is 4.90 Å². The molecular weight excluding hydrogens is 250 g/mol. The largest absolute Gasteiger partial charge is 0.335 e. The summed E-state index contributed by atoms with van der Waals surface area (Å²) < 4.78 is 28.6. The van der Waals surface area contributed by atoms with Crippen molar-refractivity contribution in [2.24, 2.45) is 0 Å². The Labute approximate surface area is 101 Å². The van der Waals surface area contributed by atoms with Crippen molar-refractivity contribution in [1.29, 1.82) is 0 Å². The molecule has 1 aromatic heterocycles. The van der Waals surface area contributed by atoms with Gasteiger partial charge in [0.05, 0.1) is 0 Å². The van der Waals surface area contributed by atoms with Gasteiger partial charge in [-0.25, -0.2) is 8.78 Å². The molecule has 5 nitrogen and oxygen atoms in total. The monoisotopic (exact) mass is 262 g/mol. The van der Waals surface area contributed by atoms with E-state index in [1.165, 1.54) is 0 Å². The van der Waals surface area contributed by atoms with Crippen molar-refractivity contribution in [3.8, 4) is 0 Å². The lowest BCUT2D eigenvalue weighted by Crippen LogP contribution is -2.47. The van der Waals surface area contributed by atoms with Crippen molar-refractivity contribution >= 4 is 17.4 Å². The van der Waals surface area contributed by atoms with Crippen LogP contribution in [0.25, 0.3) is 0 Å². The standard InChI is InChI=1S/C9H12F2N4OS/c1-14-2-4-15(5-3-14)9(16)7-6(8(10)11)12-13-17-7/h8H,2-5H2,1H3. The van der Waals surface area contributed by atoms with Crippen LogP contribution in [0.2, 0.25) is 0 Å². The zero-order valence-corrected chi connectivity index (χ0v) is 10.1. The third-order valence-electron chi connectivity index (χ3n) is 2.70. The molecule has 1 aromatic rings. The van der Waals surface area contributed by atoms with Crippen molar-refractivity contribution in [3.05, 3.63) is 10.6 Å². The predicted octanol–water partition coefficient (Wildman–Crippen LogP) is 0.863. The van der Waals surface area contributed by atoms with Crippen LogP contribution >= 0.6 is 11.5 Å². The number of hydrogen-bond acceptors (Lipinski definition) is 5. The second-order valence-corrected chi connectivity index (χ2v) is 4.64. The molecule has 0 aliphatic carbocycles. The van der Waals surface area contributed by atoms with Gasteiger partial charge in [0.15, 0.2) is 5.69 Å². The normalized spacial score (nSPS) is 17.8.